The molecule has 0 spiro atoms. The lowest BCUT2D eigenvalue weighted by Gasteiger charge is -2.10. The van der Waals surface area contributed by atoms with Gasteiger partial charge in [0.05, 0.1) is 40.7 Å². The van der Waals surface area contributed by atoms with Gasteiger partial charge in [-0.2, -0.15) is 0 Å². The van der Waals surface area contributed by atoms with E-state index in [0.717, 1.165) is 5.69 Å². The smallest absolute Gasteiger partial charge is 0.257 e. The number of fused-ring (bicyclic) bond motifs is 1. The average molecular weight is 410 g/mol. The molecule has 0 unspecified atom stereocenters. The van der Waals surface area contributed by atoms with Gasteiger partial charge < -0.3 is 14.8 Å². The van der Waals surface area contributed by atoms with Crippen molar-refractivity contribution in [1.29, 1.82) is 0 Å². The molecule has 1 aromatic carbocycles. The number of carbonyl (C=O) groups excluding carboxylic acids is 1. The van der Waals surface area contributed by atoms with Crippen LogP contribution in [0.1, 0.15) is 16.1 Å². The van der Waals surface area contributed by atoms with E-state index in [9.17, 15) is 4.79 Å². The van der Waals surface area contributed by atoms with Gasteiger partial charge in [0.25, 0.3) is 5.91 Å². The van der Waals surface area contributed by atoms with Gasteiger partial charge in [0.1, 0.15) is 12.4 Å². The first-order valence-corrected chi connectivity index (χ1v) is 9.03. The minimum Gasteiger partial charge on any atom is -0.487 e. The summed E-state index contributed by atoms with van der Waals surface area (Å²) < 4.78 is 10.9. The van der Waals surface area contributed by atoms with Crippen molar-refractivity contribution in [3.05, 3.63) is 71.1 Å². The van der Waals surface area contributed by atoms with E-state index in [1.165, 1.54) is 13.3 Å². The van der Waals surface area contributed by atoms with Crippen LogP contribution in [0.25, 0.3) is 11.0 Å². The van der Waals surface area contributed by atoms with Crippen LogP contribution >= 0.6 is 11.6 Å². The van der Waals surface area contributed by atoms with Gasteiger partial charge in [-0.3, -0.25) is 14.9 Å². The highest BCUT2D eigenvalue weighted by Gasteiger charge is 2.14. The summed E-state index contributed by atoms with van der Waals surface area (Å²) in [5.41, 5.74) is 2.10. The molecule has 0 aliphatic heterocycles. The minimum absolute atomic E-state index is 0.282. The van der Waals surface area contributed by atoms with Gasteiger partial charge in [0.15, 0.2) is 5.65 Å². The molecule has 0 aliphatic rings. The number of rotatable bonds is 6. The van der Waals surface area contributed by atoms with Gasteiger partial charge in [-0.1, -0.05) is 17.7 Å². The van der Waals surface area contributed by atoms with Crippen molar-refractivity contribution in [3.8, 4) is 11.6 Å². The molecular formula is C20H16ClN5O3. The standard InChI is InChI=1S/C20H16ClN5O3/c1-28-20-16-8-13(10-23-18(16)25-26-20)24-19(27)15-9-14(5-6-17(15)21)29-11-12-4-2-3-7-22-12/h2-10H,11H2,1H3,(H,24,27)(H,23,25,26). The highest BCUT2D eigenvalue weighted by atomic mass is 35.5. The van der Waals surface area contributed by atoms with Crippen LogP contribution in [0, 0.1) is 0 Å². The Bertz CT molecular complexity index is 1160. The van der Waals surface area contributed by atoms with E-state index in [1.54, 1.807) is 30.5 Å². The van der Waals surface area contributed by atoms with E-state index in [2.05, 4.69) is 25.5 Å². The van der Waals surface area contributed by atoms with Gasteiger partial charge in [-0.25, -0.2) is 4.98 Å². The number of nitrogens with one attached hydrogen (secondary N) is 2. The summed E-state index contributed by atoms with van der Waals surface area (Å²) in [5.74, 6) is 0.517. The van der Waals surface area contributed by atoms with Crippen LogP contribution in [-0.2, 0) is 6.61 Å². The van der Waals surface area contributed by atoms with Crippen LogP contribution < -0.4 is 14.8 Å². The van der Waals surface area contributed by atoms with Gasteiger partial charge in [0, 0.05) is 6.20 Å². The number of nitrogens with zero attached hydrogens (tertiary/aromatic N) is 3. The largest absolute Gasteiger partial charge is 0.487 e. The Kier molecular flexibility index (Phi) is 5.26. The van der Waals surface area contributed by atoms with Crippen LogP contribution in [-0.4, -0.2) is 33.2 Å². The Morgan fingerprint density at radius 2 is 2.10 bits per heavy atom. The second kappa shape index (κ2) is 8.15. The van der Waals surface area contributed by atoms with Crippen LogP contribution in [0.2, 0.25) is 5.02 Å². The Morgan fingerprint density at radius 1 is 1.21 bits per heavy atom. The summed E-state index contributed by atoms with van der Waals surface area (Å²) in [6.07, 6.45) is 3.21. The number of H-pyrrole nitrogens is 1. The maximum Gasteiger partial charge on any atom is 0.257 e. The van der Waals surface area contributed by atoms with Crippen molar-refractivity contribution in [2.24, 2.45) is 0 Å². The summed E-state index contributed by atoms with van der Waals surface area (Å²) in [4.78, 5) is 21.2. The number of aromatic amines is 1. The van der Waals surface area contributed by atoms with E-state index in [1.807, 2.05) is 18.2 Å². The Morgan fingerprint density at radius 3 is 2.90 bits per heavy atom. The average Bonchev–Trinajstić information content (AvgIpc) is 3.16. The lowest BCUT2D eigenvalue weighted by Crippen LogP contribution is -2.13. The van der Waals surface area contributed by atoms with Crippen LogP contribution in [0.15, 0.2) is 54.9 Å². The number of aromatic nitrogens is 4. The molecule has 0 saturated carbocycles. The van der Waals surface area contributed by atoms with Gasteiger partial charge >= 0.3 is 0 Å². The van der Waals surface area contributed by atoms with E-state index in [4.69, 9.17) is 21.1 Å². The number of methoxy groups -OCH3 is 1. The lowest BCUT2D eigenvalue weighted by atomic mass is 10.2. The molecule has 0 aliphatic carbocycles. The zero-order valence-corrected chi connectivity index (χ0v) is 16.1. The number of carbonyl (C=O) groups is 1. The Labute approximate surface area is 170 Å². The topological polar surface area (TPSA) is 102 Å². The summed E-state index contributed by atoms with van der Waals surface area (Å²) in [7, 11) is 1.51. The molecule has 9 heteroatoms. The second-order valence-corrected chi connectivity index (χ2v) is 6.47. The molecule has 29 heavy (non-hydrogen) atoms. The monoisotopic (exact) mass is 409 g/mol. The summed E-state index contributed by atoms with van der Waals surface area (Å²) >= 11 is 6.22. The third kappa shape index (κ3) is 4.12. The van der Waals surface area contributed by atoms with E-state index < -0.39 is 0 Å². The molecule has 0 atom stereocenters. The number of hydrogen-bond acceptors (Lipinski definition) is 6. The molecule has 1 amide bonds. The summed E-state index contributed by atoms with van der Waals surface area (Å²) in [6.45, 7) is 0.282. The van der Waals surface area contributed by atoms with Crippen molar-refractivity contribution in [1.82, 2.24) is 20.2 Å². The zero-order valence-electron chi connectivity index (χ0n) is 15.3. The Balaban J connectivity index is 1.52. The Hall–Kier alpha value is -3.65. The second-order valence-electron chi connectivity index (χ2n) is 6.06. The zero-order chi connectivity index (χ0) is 20.2. The molecule has 2 N–H and O–H groups in total. The van der Waals surface area contributed by atoms with E-state index >= 15 is 0 Å². The van der Waals surface area contributed by atoms with Crippen molar-refractivity contribution in [3.63, 3.8) is 0 Å². The van der Waals surface area contributed by atoms with Crippen LogP contribution in [0.4, 0.5) is 5.69 Å². The van der Waals surface area contributed by atoms with Crippen LogP contribution in [0.3, 0.4) is 0 Å². The van der Waals surface area contributed by atoms with Crippen molar-refractivity contribution < 1.29 is 14.3 Å². The molecule has 3 aromatic heterocycles. The molecule has 0 fully saturated rings. The fourth-order valence-electron chi connectivity index (χ4n) is 2.71. The summed E-state index contributed by atoms with van der Waals surface area (Å²) in [5, 5.41) is 10.5. The molecule has 4 aromatic rings. The van der Waals surface area contributed by atoms with Crippen molar-refractivity contribution >= 4 is 34.2 Å². The predicted molar refractivity (Wildman–Crippen MR) is 108 cm³/mol. The normalized spacial score (nSPS) is 10.7. The third-order valence-electron chi connectivity index (χ3n) is 4.13. The first kappa shape index (κ1) is 18.7. The number of anilines is 1. The number of amides is 1. The maximum absolute atomic E-state index is 12.7. The van der Waals surface area contributed by atoms with Gasteiger partial charge in [-0.05, 0) is 36.4 Å². The highest BCUT2D eigenvalue weighted by Crippen LogP contribution is 2.26. The fourth-order valence-corrected chi connectivity index (χ4v) is 2.92. The van der Waals surface area contributed by atoms with E-state index in [-0.39, 0.29) is 18.1 Å². The van der Waals surface area contributed by atoms with Crippen molar-refractivity contribution in [2.45, 2.75) is 6.61 Å². The third-order valence-corrected chi connectivity index (χ3v) is 4.46. The van der Waals surface area contributed by atoms with E-state index in [0.29, 0.717) is 33.4 Å². The minimum atomic E-state index is -0.387. The molecule has 0 bridgehead atoms. The summed E-state index contributed by atoms with van der Waals surface area (Å²) in [6, 6.07) is 12.2. The molecule has 8 nitrogen and oxygen atoms in total. The quantitative estimate of drug-likeness (QED) is 0.501. The first-order valence-electron chi connectivity index (χ1n) is 8.66. The number of pyridine rings is 2. The lowest BCUT2D eigenvalue weighted by molar-refractivity contribution is 0.102. The highest BCUT2D eigenvalue weighted by molar-refractivity contribution is 6.34. The number of hydrogen-bond donors (Lipinski definition) is 2. The first-order chi connectivity index (χ1) is 14.1. The molecule has 4 rings (SSSR count). The molecule has 146 valence electrons. The van der Waals surface area contributed by atoms with Crippen molar-refractivity contribution in [2.75, 3.05) is 12.4 Å². The predicted octanol–water partition coefficient (Wildman–Crippen LogP) is 3.85. The number of ether oxygens (including phenoxy) is 2. The molecular weight excluding hydrogens is 394 g/mol. The fraction of sp³-hybridized carbons (Fsp3) is 0.100. The number of halogens is 1. The SMILES string of the molecule is COc1n[nH]c2ncc(NC(=O)c3cc(OCc4ccccn4)ccc3Cl)cc12. The maximum atomic E-state index is 12.7. The van der Waals surface area contributed by atoms with Gasteiger partial charge in [0.2, 0.25) is 5.88 Å². The molecule has 0 radical (unpaired) electrons. The number of benzene rings is 1. The van der Waals surface area contributed by atoms with Crippen LogP contribution in [0.5, 0.6) is 11.6 Å². The molecule has 3 heterocycles. The van der Waals surface area contributed by atoms with Gasteiger partial charge in [-0.15, -0.1) is 5.10 Å². The molecule has 0 saturated heterocycles.